The first-order valence-corrected chi connectivity index (χ1v) is 8.54. The van der Waals surface area contributed by atoms with E-state index >= 15 is 0 Å². The van der Waals surface area contributed by atoms with Gasteiger partial charge in [0.2, 0.25) is 0 Å². The zero-order valence-electron chi connectivity index (χ0n) is 14.6. The highest BCUT2D eigenvalue weighted by Gasteiger charge is 2.13. The Balaban J connectivity index is 1.98. The number of aryl methyl sites for hydroxylation is 1. The average molecular weight is 337 g/mol. The zero-order chi connectivity index (χ0) is 17.9. The first kappa shape index (κ1) is 16.0. The van der Waals surface area contributed by atoms with Crippen LogP contribution in [0.25, 0.3) is 33.4 Å². The number of nitrogens with two attached hydrogens (primary N) is 1. The largest absolute Gasteiger partial charge is 0.399 e. The molecule has 4 aromatic rings. The average Bonchev–Trinajstić information content (AvgIpc) is 2.69. The minimum atomic E-state index is 0.739. The van der Waals surface area contributed by atoms with Gasteiger partial charge in [0.25, 0.3) is 0 Å². The summed E-state index contributed by atoms with van der Waals surface area (Å²) in [6, 6.07) is 20.6. The van der Waals surface area contributed by atoms with Gasteiger partial charge in [-0.3, -0.25) is 9.97 Å². The van der Waals surface area contributed by atoms with Crippen molar-refractivity contribution < 1.29 is 0 Å². The second-order valence-corrected chi connectivity index (χ2v) is 6.34. The Bertz CT molecular complexity index is 955. The van der Waals surface area contributed by atoms with Crippen LogP contribution in [0.5, 0.6) is 0 Å². The van der Waals surface area contributed by atoms with E-state index in [4.69, 9.17) is 5.73 Å². The molecule has 0 fully saturated rings. The standard InChI is InChI=1S/C23H19N3/c1-16-6-8-20(22(12-16)17-4-2-10-25-14-17)21-9-7-19(24)13-23(21)18-5-3-11-26-15-18/h2-15H,24H2,1H3. The molecule has 0 unspecified atom stereocenters. The van der Waals surface area contributed by atoms with Crippen LogP contribution in [0.1, 0.15) is 5.56 Å². The van der Waals surface area contributed by atoms with E-state index in [1.807, 2.05) is 36.7 Å². The van der Waals surface area contributed by atoms with E-state index in [0.29, 0.717) is 0 Å². The Morgan fingerprint density at radius 1 is 0.654 bits per heavy atom. The lowest BCUT2D eigenvalue weighted by molar-refractivity contribution is 1.32. The molecule has 0 aliphatic rings. The third-order valence-corrected chi connectivity index (χ3v) is 4.45. The van der Waals surface area contributed by atoms with Crippen molar-refractivity contribution in [2.75, 3.05) is 5.73 Å². The van der Waals surface area contributed by atoms with Crippen LogP contribution in [0.4, 0.5) is 5.69 Å². The van der Waals surface area contributed by atoms with Crippen LogP contribution in [-0.2, 0) is 0 Å². The van der Waals surface area contributed by atoms with Gasteiger partial charge >= 0.3 is 0 Å². The molecular weight excluding hydrogens is 318 g/mol. The summed E-state index contributed by atoms with van der Waals surface area (Å²) in [6.07, 6.45) is 7.35. The molecule has 2 N–H and O–H groups in total. The normalized spacial score (nSPS) is 10.7. The Labute approximate surface area is 153 Å². The lowest BCUT2D eigenvalue weighted by Crippen LogP contribution is -1.93. The topological polar surface area (TPSA) is 51.8 Å². The molecule has 0 aliphatic heterocycles. The fourth-order valence-corrected chi connectivity index (χ4v) is 3.21. The highest BCUT2D eigenvalue weighted by molar-refractivity contribution is 5.92. The number of hydrogen-bond donors (Lipinski definition) is 1. The van der Waals surface area contributed by atoms with Gasteiger partial charge < -0.3 is 5.73 Å². The van der Waals surface area contributed by atoms with Gasteiger partial charge in [0.1, 0.15) is 0 Å². The van der Waals surface area contributed by atoms with Crippen LogP contribution in [0.15, 0.2) is 85.5 Å². The molecule has 0 bridgehead atoms. The SMILES string of the molecule is Cc1ccc(-c2ccc(N)cc2-c2cccnc2)c(-c2cccnc2)c1. The first-order valence-electron chi connectivity index (χ1n) is 8.54. The highest BCUT2D eigenvalue weighted by Crippen LogP contribution is 2.39. The van der Waals surface area contributed by atoms with E-state index in [9.17, 15) is 0 Å². The minimum absolute atomic E-state index is 0.739. The first-order chi connectivity index (χ1) is 12.7. The second kappa shape index (κ2) is 6.81. The molecule has 2 aromatic heterocycles. The summed E-state index contributed by atoms with van der Waals surface area (Å²) in [5, 5.41) is 0. The summed E-state index contributed by atoms with van der Waals surface area (Å²) in [5.74, 6) is 0. The summed E-state index contributed by atoms with van der Waals surface area (Å²) in [5.41, 5.74) is 14.7. The fourth-order valence-electron chi connectivity index (χ4n) is 3.21. The van der Waals surface area contributed by atoms with Crippen molar-refractivity contribution >= 4 is 5.69 Å². The molecule has 0 aliphatic carbocycles. The number of benzene rings is 2. The van der Waals surface area contributed by atoms with Gasteiger partial charge in [0.05, 0.1) is 0 Å². The molecule has 0 amide bonds. The molecule has 0 atom stereocenters. The van der Waals surface area contributed by atoms with Gasteiger partial charge in [-0.15, -0.1) is 0 Å². The van der Waals surface area contributed by atoms with E-state index in [1.54, 1.807) is 12.4 Å². The molecule has 26 heavy (non-hydrogen) atoms. The number of aromatic nitrogens is 2. The molecule has 2 aromatic carbocycles. The third kappa shape index (κ3) is 3.07. The van der Waals surface area contributed by atoms with Gasteiger partial charge in [-0.1, -0.05) is 42.0 Å². The molecule has 0 radical (unpaired) electrons. The van der Waals surface area contributed by atoms with Crippen molar-refractivity contribution in [3.05, 3.63) is 91.0 Å². The van der Waals surface area contributed by atoms with Crippen molar-refractivity contribution in [1.82, 2.24) is 9.97 Å². The number of nitrogens with zero attached hydrogens (tertiary/aromatic N) is 2. The van der Waals surface area contributed by atoms with Gasteiger partial charge in [-0.25, -0.2) is 0 Å². The van der Waals surface area contributed by atoms with E-state index in [1.165, 1.54) is 5.56 Å². The maximum atomic E-state index is 6.09. The smallest absolute Gasteiger partial charge is 0.0346 e. The number of hydrogen-bond acceptors (Lipinski definition) is 3. The van der Waals surface area contributed by atoms with Crippen LogP contribution >= 0.6 is 0 Å². The molecule has 0 saturated carbocycles. The predicted octanol–water partition coefficient (Wildman–Crippen LogP) is 5.37. The van der Waals surface area contributed by atoms with Crippen molar-refractivity contribution in [2.24, 2.45) is 0 Å². The zero-order valence-corrected chi connectivity index (χ0v) is 14.6. The number of pyridine rings is 2. The molecule has 4 rings (SSSR count). The van der Waals surface area contributed by atoms with E-state index in [0.717, 1.165) is 39.1 Å². The van der Waals surface area contributed by atoms with Crippen molar-refractivity contribution in [1.29, 1.82) is 0 Å². The molecule has 3 heteroatoms. The monoisotopic (exact) mass is 337 g/mol. The van der Waals surface area contributed by atoms with Crippen LogP contribution in [-0.4, -0.2) is 9.97 Å². The Morgan fingerprint density at radius 2 is 1.23 bits per heavy atom. The Hall–Kier alpha value is -3.46. The number of rotatable bonds is 3. The van der Waals surface area contributed by atoms with Gasteiger partial charge in [0.15, 0.2) is 0 Å². The van der Waals surface area contributed by atoms with E-state index in [2.05, 4.69) is 53.3 Å². The lowest BCUT2D eigenvalue weighted by Gasteiger charge is -2.16. The van der Waals surface area contributed by atoms with E-state index < -0.39 is 0 Å². The van der Waals surface area contributed by atoms with Gasteiger partial charge in [0, 0.05) is 41.6 Å². The van der Waals surface area contributed by atoms with Crippen LogP contribution in [0.2, 0.25) is 0 Å². The second-order valence-electron chi connectivity index (χ2n) is 6.34. The lowest BCUT2D eigenvalue weighted by atomic mass is 9.89. The Kier molecular flexibility index (Phi) is 4.20. The van der Waals surface area contributed by atoms with Crippen LogP contribution in [0.3, 0.4) is 0 Å². The highest BCUT2D eigenvalue weighted by atomic mass is 14.6. The van der Waals surface area contributed by atoms with Crippen LogP contribution < -0.4 is 5.73 Å². The molecular formula is C23H19N3. The summed E-state index contributed by atoms with van der Waals surface area (Å²) < 4.78 is 0. The van der Waals surface area contributed by atoms with Gasteiger partial charge in [-0.05, 0) is 53.4 Å². The number of nitrogen functional groups attached to an aromatic ring is 1. The number of anilines is 1. The van der Waals surface area contributed by atoms with Crippen LogP contribution in [0, 0.1) is 6.92 Å². The van der Waals surface area contributed by atoms with Crippen molar-refractivity contribution in [3.8, 4) is 33.4 Å². The summed E-state index contributed by atoms with van der Waals surface area (Å²) >= 11 is 0. The molecule has 3 nitrogen and oxygen atoms in total. The maximum absolute atomic E-state index is 6.09. The van der Waals surface area contributed by atoms with Crippen molar-refractivity contribution in [2.45, 2.75) is 6.92 Å². The van der Waals surface area contributed by atoms with Crippen molar-refractivity contribution in [3.63, 3.8) is 0 Å². The third-order valence-electron chi connectivity index (χ3n) is 4.45. The summed E-state index contributed by atoms with van der Waals surface area (Å²) in [6.45, 7) is 2.11. The quantitative estimate of drug-likeness (QED) is 0.511. The predicted molar refractivity (Wildman–Crippen MR) is 107 cm³/mol. The molecule has 0 saturated heterocycles. The fraction of sp³-hybridized carbons (Fsp3) is 0.0435. The molecule has 126 valence electrons. The molecule has 2 heterocycles. The Morgan fingerprint density at radius 3 is 1.81 bits per heavy atom. The molecule has 0 spiro atoms. The summed E-state index contributed by atoms with van der Waals surface area (Å²) in [7, 11) is 0. The minimum Gasteiger partial charge on any atom is -0.399 e. The van der Waals surface area contributed by atoms with E-state index in [-0.39, 0.29) is 0 Å². The summed E-state index contributed by atoms with van der Waals surface area (Å²) in [4.78, 5) is 8.56. The maximum Gasteiger partial charge on any atom is 0.0346 e. The van der Waals surface area contributed by atoms with Gasteiger partial charge in [-0.2, -0.15) is 0 Å².